The predicted molar refractivity (Wildman–Crippen MR) is 129 cm³/mol. The molecule has 5 aromatic rings. The fourth-order valence-electron chi connectivity index (χ4n) is 3.73. The van der Waals surface area contributed by atoms with Gasteiger partial charge in [-0.3, -0.25) is 4.90 Å². The number of aromatic nitrogens is 3. The second-order valence-electron chi connectivity index (χ2n) is 8.11. The van der Waals surface area contributed by atoms with Gasteiger partial charge in [0.15, 0.2) is 11.6 Å². The second kappa shape index (κ2) is 8.88. The number of likely N-dealkylation sites (N-methyl/N-ethyl adjacent to an activating group) is 1. The van der Waals surface area contributed by atoms with Gasteiger partial charge in [0.25, 0.3) is 0 Å². The normalized spacial score (nSPS) is 12.4. The first-order chi connectivity index (χ1) is 16.1. The SMILES string of the molecule is Cc1ccc(C(CNc2nc(-c3ccccc3)nc3nc(-c4ccccc4)oc23)N(C)C)o1. The maximum absolute atomic E-state index is 6.14. The molecule has 2 aromatic carbocycles. The first-order valence-corrected chi connectivity index (χ1v) is 10.8. The number of nitrogens with one attached hydrogen (secondary N) is 1. The van der Waals surface area contributed by atoms with E-state index >= 15 is 0 Å². The molecular weight excluding hydrogens is 414 g/mol. The van der Waals surface area contributed by atoms with E-state index in [1.165, 1.54) is 0 Å². The van der Waals surface area contributed by atoms with E-state index in [9.17, 15) is 0 Å². The van der Waals surface area contributed by atoms with Gasteiger partial charge in [0, 0.05) is 17.7 Å². The standard InChI is InChI=1S/C26H25N5O2/c1-17-14-15-21(32-17)20(31(2)3)16-27-24-22-25(29-23(28-24)18-10-6-4-7-11-18)30-26(33-22)19-12-8-5-9-13-19/h4-15,20H,16H2,1-3H3,(H,27,28,29). The molecule has 7 nitrogen and oxygen atoms in total. The van der Waals surface area contributed by atoms with Crippen molar-refractivity contribution in [3.05, 3.63) is 84.3 Å². The summed E-state index contributed by atoms with van der Waals surface area (Å²) < 4.78 is 12.0. The monoisotopic (exact) mass is 439 g/mol. The van der Waals surface area contributed by atoms with Gasteiger partial charge in [0.2, 0.25) is 17.1 Å². The highest BCUT2D eigenvalue weighted by Gasteiger charge is 2.21. The van der Waals surface area contributed by atoms with Gasteiger partial charge in [0.1, 0.15) is 11.5 Å². The van der Waals surface area contributed by atoms with Crippen LogP contribution in [0, 0.1) is 6.92 Å². The largest absolute Gasteiger partial charge is 0.465 e. The molecule has 7 heteroatoms. The molecule has 0 saturated heterocycles. The molecule has 5 rings (SSSR count). The van der Waals surface area contributed by atoms with E-state index < -0.39 is 0 Å². The zero-order valence-corrected chi connectivity index (χ0v) is 18.8. The third kappa shape index (κ3) is 4.36. The molecular formula is C26H25N5O2. The van der Waals surface area contributed by atoms with Gasteiger partial charge in [0.05, 0.1) is 6.04 Å². The minimum atomic E-state index is 0.0143. The molecule has 0 saturated carbocycles. The molecule has 1 unspecified atom stereocenters. The summed E-state index contributed by atoms with van der Waals surface area (Å²) >= 11 is 0. The fraction of sp³-hybridized carbons (Fsp3) is 0.192. The molecule has 3 heterocycles. The van der Waals surface area contributed by atoms with Crippen molar-refractivity contribution in [1.29, 1.82) is 0 Å². The van der Waals surface area contributed by atoms with E-state index in [0.717, 1.165) is 22.6 Å². The van der Waals surface area contributed by atoms with E-state index in [0.29, 0.717) is 35.3 Å². The maximum Gasteiger partial charge on any atom is 0.229 e. The van der Waals surface area contributed by atoms with Gasteiger partial charge in [-0.15, -0.1) is 0 Å². The Bertz CT molecular complexity index is 1360. The average molecular weight is 440 g/mol. The van der Waals surface area contributed by atoms with Gasteiger partial charge < -0.3 is 14.2 Å². The summed E-state index contributed by atoms with van der Waals surface area (Å²) in [7, 11) is 4.05. The highest BCUT2D eigenvalue weighted by Crippen LogP contribution is 2.30. The molecule has 0 amide bonds. The van der Waals surface area contributed by atoms with Crippen molar-refractivity contribution in [2.75, 3.05) is 26.0 Å². The zero-order valence-electron chi connectivity index (χ0n) is 18.8. The van der Waals surface area contributed by atoms with Crippen molar-refractivity contribution in [2.24, 2.45) is 0 Å². The third-order valence-electron chi connectivity index (χ3n) is 5.48. The number of rotatable bonds is 7. The van der Waals surface area contributed by atoms with Crippen LogP contribution in [-0.2, 0) is 0 Å². The lowest BCUT2D eigenvalue weighted by molar-refractivity contribution is 0.266. The molecule has 0 radical (unpaired) electrons. The summed E-state index contributed by atoms with van der Waals surface area (Å²) in [4.78, 5) is 16.3. The van der Waals surface area contributed by atoms with E-state index in [1.54, 1.807) is 0 Å². The van der Waals surface area contributed by atoms with Gasteiger partial charge >= 0.3 is 0 Å². The first-order valence-electron chi connectivity index (χ1n) is 10.8. The van der Waals surface area contributed by atoms with Crippen LogP contribution in [0.4, 0.5) is 5.82 Å². The predicted octanol–water partition coefficient (Wildman–Crippen LogP) is 5.57. The van der Waals surface area contributed by atoms with E-state index in [4.69, 9.17) is 18.8 Å². The van der Waals surface area contributed by atoms with Crippen LogP contribution in [0.5, 0.6) is 0 Å². The molecule has 0 fully saturated rings. The van der Waals surface area contributed by atoms with Crippen LogP contribution in [0.2, 0.25) is 0 Å². The number of fused-ring (bicyclic) bond motifs is 1. The van der Waals surface area contributed by atoms with E-state index in [2.05, 4.69) is 15.2 Å². The summed E-state index contributed by atoms with van der Waals surface area (Å²) in [6, 6.07) is 23.7. The van der Waals surface area contributed by atoms with Crippen LogP contribution in [0.15, 0.2) is 81.6 Å². The van der Waals surface area contributed by atoms with E-state index in [-0.39, 0.29) is 6.04 Å². The fourth-order valence-corrected chi connectivity index (χ4v) is 3.73. The molecule has 33 heavy (non-hydrogen) atoms. The molecule has 0 bridgehead atoms. The molecule has 166 valence electrons. The number of hydrogen-bond donors (Lipinski definition) is 1. The van der Waals surface area contributed by atoms with Crippen LogP contribution in [0.25, 0.3) is 34.1 Å². The van der Waals surface area contributed by atoms with Gasteiger partial charge in [-0.05, 0) is 45.3 Å². The Hall–Kier alpha value is -3.97. The van der Waals surface area contributed by atoms with Crippen LogP contribution in [-0.4, -0.2) is 40.5 Å². The molecule has 0 spiro atoms. The Kier molecular flexibility index (Phi) is 5.62. The Morgan fingerprint density at radius 2 is 1.52 bits per heavy atom. The minimum Gasteiger partial charge on any atom is -0.465 e. The second-order valence-corrected chi connectivity index (χ2v) is 8.11. The number of benzene rings is 2. The quantitative estimate of drug-likeness (QED) is 0.355. The Labute approximate surface area is 192 Å². The maximum atomic E-state index is 6.14. The highest BCUT2D eigenvalue weighted by atomic mass is 16.4. The van der Waals surface area contributed by atoms with Crippen molar-refractivity contribution in [2.45, 2.75) is 13.0 Å². The van der Waals surface area contributed by atoms with Crippen LogP contribution in [0.3, 0.4) is 0 Å². The van der Waals surface area contributed by atoms with Crippen molar-refractivity contribution >= 4 is 17.0 Å². The summed E-state index contributed by atoms with van der Waals surface area (Å²) in [6.07, 6.45) is 0. The van der Waals surface area contributed by atoms with Gasteiger partial charge in [-0.2, -0.15) is 4.98 Å². The van der Waals surface area contributed by atoms with Crippen LogP contribution in [0.1, 0.15) is 17.6 Å². The number of aryl methyl sites for hydroxylation is 1. The van der Waals surface area contributed by atoms with Crippen LogP contribution >= 0.6 is 0 Å². The number of oxazole rings is 1. The Balaban J connectivity index is 1.56. The number of furan rings is 1. The minimum absolute atomic E-state index is 0.0143. The summed E-state index contributed by atoms with van der Waals surface area (Å²) in [5.74, 6) is 3.48. The molecule has 1 N–H and O–H groups in total. The molecule has 0 aliphatic rings. The van der Waals surface area contributed by atoms with Crippen LogP contribution < -0.4 is 5.32 Å². The first kappa shape index (κ1) is 20.9. The number of nitrogens with zero attached hydrogens (tertiary/aromatic N) is 4. The summed E-state index contributed by atoms with van der Waals surface area (Å²) in [5.41, 5.74) is 2.85. The van der Waals surface area contributed by atoms with E-state index in [1.807, 2.05) is 93.8 Å². The van der Waals surface area contributed by atoms with Gasteiger partial charge in [-0.1, -0.05) is 48.5 Å². The summed E-state index contributed by atoms with van der Waals surface area (Å²) in [5, 5.41) is 3.47. The zero-order chi connectivity index (χ0) is 22.8. The lowest BCUT2D eigenvalue weighted by atomic mass is 10.2. The van der Waals surface area contributed by atoms with Crippen molar-refractivity contribution in [3.8, 4) is 22.8 Å². The topological polar surface area (TPSA) is 80.2 Å². The lowest BCUT2D eigenvalue weighted by Crippen LogP contribution is -2.26. The van der Waals surface area contributed by atoms with Crippen molar-refractivity contribution < 1.29 is 8.83 Å². The lowest BCUT2D eigenvalue weighted by Gasteiger charge is -2.23. The number of hydrogen-bond acceptors (Lipinski definition) is 7. The smallest absolute Gasteiger partial charge is 0.229 e. The molecule has 0 aliphatic heterocycles. The highest BCUT2D eigenvalue weighted by molar-refractivity contribution is 5.84. The molecule has 0 aliphatic carbocycles. The molecule has 3 aromatic heterocycles. The van der Waals surface area contributed by atoms with Gasteiger partial charge in [-0.25, -0.2) is 9.97 Å². The average Bonchev–Trinajstić information content (AvgIpc) is 3.46. The Morgan fingerprint density at radius 3 is 2.15 bits per heavy atom. The number of anilines is 1. The van der Waals surface area contributed by atoms with Crippen molar-refractivity contribution in [3.63, 3.8) is 0 Å². The Morgan fingerprint density at radius 1 is 0.818 bits per heavy atom. The van der Waals surface area contributed by atoms with Crippen molar-refractivity contribution in [1.82, 2.24) is 19.9 Å². The summed E-state index contributed by atoms with van der Waals surface area (Å²) in [6.45, 7) is 2.52. The third-order valence-corrected chi connectivity index (χ3v) is 5.48. The molecule has 1 atom stereocenters.